The summed E-state index contributed by atoms with van der Waals surface area (Å²) in [5, 5.41) is 2.63. The van der Waals surface area contributed by atoms with Gasteiger partial charge in [-0.2, -0.15) is 13.2 Å². The molecule has 1 fully saturated rings. The molecule has 0 atom stereocenters. The number of carbonyl (C=O) groups is 2. The summed E-state index contributed by atoms with van der Waals surface area (Å²) in [5.74, 6) is -0.0689. The Bertz CT molecular complexity index is 1440. The van der Waals surface area contributed by atoms with Crippen LogP contribution in [0.4, 0.5) is 29.3 Å². The minimum atomic E-state index is -4.71. The molecular formula is C26H24F3N3O6. The monoisotopic (exact) mass is 531 g/mol. The van der Waals surface area contributed by atoms with Crippen LogP contribution in [0.1, 0.15) is 37.3 Å². The van der Waals surface area contributed by atoms with E-state index in [1.807, 2.05) is 6.92 Å². The second-order valence-electron chi connectivity index (χ2n) is 8.73. The van der Waals surface area contributed by atoms with E-state index in [0.717, 1.165) is 4.90 Å². The van der Waals surface area contributed by atoms with Crippen molar-refractivity contribution in [3.05, 3.63) is 68.9 Å². The lowest BCUT2D eigenvalue weighted by atomic mass is 10.0. The van der Waals surface area contributed by atoms with Crippen molar-refractivity contribution in [2.45, 2.75) is 38.8 Å². The Hall–Kier alpha value is -4.22. The minimum Gasteiger partial charge on any atom is -0.493 e. The van der Waals surface area contributed by atoms with Gasteiger partial charge in [-0.25, -0.2) is 9.59 Å². The Morgan fingerprint density at radius 3 is 2.58 bits per heavy atom. The molecule has 1 aliphatic rings. The second-order valence-corrected chi connectivity index (χ2v) is 8.73. The summed E-state index contributed by atoms with van der Waals surface area (Å²) in [4.78, 5) is 50.2. The van der Waals surface area contributed by atoms with Gasteiger partial charge in [0, 0.05) is 29.2 Å². The van der Waals surface area contributed by atoms with Crippen LogP contribution in [0.25, 0.3) is 11.0 Å². The van der Waals surface area contributed by atoms with Gasteiger partial charge in [-0.15, -0.1) is 4.91 Å². The number of benzene rings is 2. The van der Waals surface area contributed by atoms with E-state index in [4.69, 9.17) is 9.15 Å². The number of nitroso groups, excluding NO2 is 1. The molecule has 2 aromatic carbocycles. The van der Waals surface area contributed by atoms with Crippen molar-refractivity contribution in [3.63, 3.8) is 0 Å². The van der Waals surface area contributed by atoms with Crippen LogP contribution in [0.2, 0.25) is 0 Å². The Kier molecular flexibility index (Phi) is 7.79. The Morgan fingerprint density at radius 2 is 1.87 bits per heavy atom. The average molecular weight is 531 g/mol. The van der Waals surface area contributed by atoms with E-state index in [9.17, 15) is 32.5 Å². The van der Waals surface area contributed by atoms with Crippen LogP contribution >= 0.6 is 0 Å². The molecule has 4 rings (SSSR count). The molecule has 1 saturated heterocycles. The SMILES string of the molecule is CCCc1c(OCCCCN2C(=O)CN(c3cccc(N=O)c3)C2=O)ccc2c(C(F)(F)F)cc(=O)oc12. The summed E-state index contributed by atoms with van der Waals surface area (Å²) < 4.78 is 51.3. The third-order valence-corrected chi connectivity index (χ3v) is 6.11. The zero-order chi connectivity index (χ0) is 27.4. The molecular weight excluding hydrogens is 507 g/mol. The van der Waals surface area contributed by atoms with Gasteiger partial charge in [-0.1, -0.05) is 19.4 Å². The number of anilines is 1. The number of amides is 3. The second kappa shape index (κ2) is 11.0. The van der Waals surface area contributed by atoms with Crippen molar-refractivity contribution in [1.82, 2.24) is 4.90 Å². The fourth-order valence-corrected chi connectivity index (χ4v) is 4.36. The first kappa shape index (κ1) is 26.8. The van der Waals surface area contributed by atoms with Gasteiger partial charge in [0.05, 0.1) is 12.2 Å². The number of carbonyl (C=O) groups excluding carboxylic acids is 2. The lowest BCUT2D eigenvalue weighted by molar-refractivity contribution is -0.136. The first-order valence-electron chi connectivity index (χ1n) is 12.0. The highest BCUT2D eigenvalue weighted by atomic mass is 19.4. The molecule has 9 nitrogen and oxygen atoms in total. The maximum atomic E-state index is 13.5. The zero-order valence-electron chi connectivity index (χ0n) is 20.4. The number of hydrogen-bond acceptors (Lipinski definition) is 7. The van der Waals surface area contributed by atoms with Crippen molar-refractivity contribution in [2.75, 3.05) is 24.6 Å². The lowest BCUT2D eigenvalue weighted by Gasteiger charge is -2.18. The van der Waals surface area contributed by atoms with Gasteiger partial charge in [-0.3, -0.25) is 14.6 Å². The molecule has 0 unspecified atom stereocenters. The molecule has 2 heterocycles. The average Bonchev–Trinajstić information content (AvgIpc) is 3.17. The van der Waals surface area contributed by atoms with Crippen molar-refractivity contribution >= 4 is 34.3 Å². The van der Waals surface area contributed by atoms with E-state index in [1.54, 1.807) is 12.1 Å². The molecule has 0 radical (unpaired) electrons. The molecule has 0 saturated carbocycles. The highest BCUT2D eigenvalue weighted by Gasteiger charge is 2.37. The molecule has 38 heavy (non-hydrogen) atoms. The molecule has 3 aromatic rings. The maximum absolute atomic E-state index is 13.5. The number of halogens is 3. The standard InChI is InChI=1S/C26H24F3N3O6/c1-2-6-19-21(10-9-18-20(26(27,28)29)14-23(34)38-24(18)19)37-12-4-3-11-31-22(33)15-32(25(31)35)17-8-5-7-16(13-17)30-36/h5,7-10,13-14H,2-4,6,11-12,15H2,1H3. The van der Waals surface area contributed by atoms with Gasteiger partial charge >= 0.3 is 17.8 Å². The molecule has 3 amide bonds. The van der Waals surface area contributed by atoms with Crippen molar-refractivity contribution in [2.24, 2.45) is 5.18 Å². The quantitative estimate of drug-likeness (QED) is 0.142. The summed E-state index contributed by atoms with van der Waals surface area (Å²) in [6.07, 6.45) is -2.93. The van der Waals surface area contributed by atoms with Crippen LogP contribution in [-0.4, -0.2) is 36.5 Å². The van der Waals surface area contributed by atoms with Gasteiger partial charge in [0.25, 0.3) is 5.91 Å². The van der Waals surface area contributed by atoms with Crippen molar-refractivity contribution in [1.29, 1.82) is 0 Å². The Morgan fingerprint density at radius 1 is 1.08 bits per heavy atom. The van der Waals surface area contributed by atoms with Gasteiger partial charge in [0.1, 0.15) is 23.6 Å². The summed E-state index contributed by atoms with van der Waals surface area (Å²) >= 11 is 0. The predicted molar refractivity (Wildman–Crippen MR) is 133 cm³/mol. The zero-order valence-corrected chi connectivity index (χ0v) is 20.4. The number of fused-ring (bicyclic) bond motifs is 1. The van der Waals surface area contributed by atoms with E-state index in [-0.39, 0.29) is 42.3 Å². The van der Waals surface area contributed by atoms with Gasteiger partial charge in [0.2, 0.25) is 0 Å². The largest absolute Gasteiger partial charge is 0.493 e. The number of nitrogens with zero attached hydrogens (tertiary/aromatic N) is 3. The summed E-state index contributed by atoms with van der Waals surface area (Å²) in [6, 6.07) is 8.67. The molecule has 1 aromatic heterocycles. The topological polar surface area (TPSA) is 109 Å². The molecule has 200 valence electrons. The third-order valence-electron chi connectivity index (χ3n) is 6.11. The predicted octanol–water partition coefficient (Wildman–Crippen LogP) is 5.79. The number of unbranched alkanes of at least 4 members (excludes halogenated alkanes) is 1. The first-order valence-corrected chi connectivity index (χ1v) is 12.0. The van der Waals surface area contributed by atoms with E-state index >= 15 is 0 Å². The van der Waals surface area contributed by atoms with Gasteiger partial charge < -0.3 is 9.15 Å². The van der Waals surface area contributed by atoms with Crippen LogP contribution in [0.3, 0.4) is 0 Å². The van der Waals surface area contributed by atoms with Gasteiger partial charge in [0.15, 0.2) is 0 Å². The fourth-order valence-electron chi connectivity index (χ4n) is 4.36. The number of hydrogen-bond donors (Lipinski definition) is 0. The number of urea groups is 1. The number of alkyl halides is 3. The first-order chi connectivity index (χ1) is 18.1. The van der Waals surface area contributed by atoms with Crippen LogP contribution in [0.15, 0.2) is 56.9 Å². The van der Waals surface area contributed by atoms with E-state index in [1.165, 1.54) is 29.2 Å². The highest BCUT2D eigenvalue weighted by molar-refractivity contribution is 6.12. The van der Waals surface area contributed by atoms with Crippen LogP contribution in [0.5, 0.6) is 5.75 Å². The van der Waals surface area contributed by atoms with Crippen LogP contribution in [-0.2, 0) is 17.4 Å². The molecule has 0 N–H and O–H groups in total. The molecule has 12 heteroatoms. The normalized spacial score (nSPS) is 14.0. The Labute approximate surface area is 214 Å². The smallest absolute Gasteiger partial charge is 0.417 e. The van der Waals surface area contributed by atoms with E-state index in [2.05, 4.69) is 5.18 Å². The molecule has 0 bridgehead atoms. The van der Waals surface area contributed by atoms with Gasteiger partial charge in [-0.05, 0) is 54.8 Å². The van der Waals surface area contributed by atoms with Crippen LogP contribution in [0, 0.1) is 4.91 Å². The molecule has 0 spiro atoms. The summed E-state index contributed by atoms with van der Waals surface area (Å²) in [5.41, 5.74) is -1.39. The summed E-state index contributed by atoms with van der Waals surface area (Å²) in [7, 11) is 0. The Balaban J connectivity index is 1.40. The molecule has 0 aliphatic carbocycles. The highest BCUT2D eigenvalue weighted by Crippen LogP contribution is 2.37. The summed E-state index contributed by atoms with van der Waals surface area (Å²) in [6.45, 7) is 2.00. The number of aryl methyl sites for hydroxylation is 1. The van der Waals surface area contributed by atoms with Crippen molar-refractivity contribution in [3.8, 4) is 5.75 Å². The van der Waals surface area contributed by atoms with Crippen molar-refractivity contribution < 1.29 is 31.9 Å². The minimum absolute atomic E-state index is 0.142. The molecule has 1 aliphatic heterocycles. The number of imide groups is 1. The van der Waals surface area contributed by atoms with E-state index in [0.29, 0.717) is 48.8 Å². The van der Waals surface area contributed by atoms with Crippen LogP contribution < -0.4 is 15.3 Å². The number of rotatable bonds is 10. The maximum Gasteiger partial charge on any atom is 0.417 e. The lowest BCUT2D eigenvalue weighted by Crippen LogP contribution is -2.34. The fraction of sp³-hybridized carbons (Fsp3) is 0.346. The van der Waals surface area contributed by atoms with E-state index < -0.39 is 23.4 Å². The number of ether oxygens (including phenoxy) is 1. The third kappa shape index (κ3) is 5.53.